The third-order valence-electron chi connectivity index (χ3n) is 6.51. The van der Waals surface area contributed by atoms with Crippen LogP contribution in [0.15, 0.2) is 36.4 Å². The predicted molar refractivity (Wildman–Crippen MR) is 123 cm³/mol. The molecule has 0 saturated heterocycles. The van der Waals surface area contributed by atoms with Crippen LogP contribution in [0.25, 0.3) is 0 Å². The van der Waals surface area contributed by atoms with Crippen molar-refractivity contribution in [3.8, 4) is 0 Å². The highest BCUT2D eigenvalue weighted by Gasteiger charge is 2.35. The summed E-state index contributed by atoms with van der Waals surface area (Å²) in [5.41, 5.74) is 2.12. The van der Waals surface area contributed by atoms with Crippen molar-refractivity contribution in [2.45, 2.75) is 110 Å². The number of halogens is 2. The van der Waals surface area contributed by atoms with Crippen molar-refractivity contribution >= 4 is 0 Å². The van der Waals surface area contributed by atoms with E-state index in [-0.39, 0.29) is 18.9 Å². The van der Waals surface area contributed by atoms with Crippen LogP contribution in [0.3, 0.4) is 0 Å². The number of aryl methyl sites for hydroxylation is 1. The standard InChI is InChI=1S/C27H42F2O/c1-3-5-7-8-10-12-24-15-19-26(20-16-24)22-30-27(28,29)21-25-17-13-23(14-18-25)11-9-6-4-2/h4,6,15-16,19-20,23,25H,3,5,7-14,17-18,21-22H2,1-2H3/b6-4+. The van der Waals surface area contributed by atoms with Crippen LogP contribution < -0.4 is 0 Å². The third kappa shape index (κ3) is 10.2. The van der Waals surface area contributed by atoms with Crippen molar-refractivity contribution in [3.05, 3.63) is 47.5 Å². The highest BCUT2D eigenvalue weighted by Crippen LogP contribution is 2.38. The van der Waals surface area contributed by atoms with E-state index in [1.807, 2.05) is 19.1 Å². The first kappa shape index (κ1) is 25.0. The van der Waals surface area contributed by atoms with Gasteiger partial charge in [0, 0.05) is 6.42 Å². The minimum atomic E-state index is -3.03. The second kappa shape index (κ2) is 14.0. The fourth-order valence-corrected chi connectivity index (χ4v) is 4.54. The van der Waals surface area contributed by atoms with Crippen molar-refractivity contribution in [1.82, 2.24) is 0 Å². The van der Waals surface area contributed by atoms with Gasteiger partial charge >= 0.3 is 6.11 Å². The first-order valence-corrected chi connectivity index (χ1v) is 12.2. The zero-order valence-corrected chi connectivity index (χ0v) is 19.2. The first-order valence-electron chi connectivity index (χ1n) is 12.2. The van der Waals surface area contributed by atoms with Crippen LogP contribution in [0, 0.1) is 11.8 Å². The van der Waals surface area contributed by atoms with Crippen LogP contribution in [0.2, 0.25) is 0 Å². The Morgan fingerprint density at radius 2 is 1.57 bits per heavy atom. The summed E-state index contributed by atoms with van der Waals surface area (Å²) < 4.78 is 33.8. The Balaban J connectivity index is 1.65. The molecule has 0 atom stereocenters. The van der Waals surface area contributed by atoms with Gasteiger partial charge in [0.1, 0.15) is 0 Å². The summed E-state index contributed by atoms with van der Waals surface area (Å²) in [5, 5.41) is 0. The highest BCUT2D eigenvalue weighted by atomic mass is 19.3. The van der Waals surface area contributed by atoms with E-state index in [0.29, 0.717) is 5.92 Å². The predicted octanol–water partition coefficient (Wildman–Crippen LogP) is 8.86. The fourth-order valence-electron chi connectivity index (χ4n) is 4.54. The molecule has 3 heteroatoms. The average Bonchev–Trinajstić information content (AvgIpc) is 2.74. The molecule has 1 nitrogen and oxygen atoms in total. The van der Waals surface area contributed by atoms with E-state index >= 15 is 0 Å². The van der Waals surface area contributed by atoms with Gasteiger partial charge in [0.15, 0.2) is 0 Å². The van der Waals surface area contributed by atoms with E-state index < -0.39 is 6.11 Å². The second-order valence-electron chi connectivity index (χ2n) is 9.14. The number of ether oxygens (including phenoxy) is 1. The zero-order chi connectivity index (χ0) is 21.7. The van der Waals surface area contributed by atoms with Crippen LogP contribution in [0.5, 0.6) is 0 Å². The SMILES string of the molecule is C/C=C/CCC1CCC(CC(F)(F)OCc2ccc(CCCCCCC)cc2)CC1. The molecular weight excluding hydrogens is 378 g/mol. The van der Waals surface area contributed by atoms with Crippen LogP contribution in [0.1, 0.15) is 102 Å². The maximum Gasteiger partial charge on any atom is 0.356 e. The minimum Gasteiger partial charge on any atom is -0.316 e. The van der Waals surface area contributed by atoms with Crippen molar-refractivity contribution in [1.29, 1.82) is 0 Å². The molecule has 170 valence electrons. The molecule has 30 heavy (non-hydrogen) atoms. The van der Waals surface area contributed by atoms with Crippen molar-refractivity contribution in [2.75, 3.05) is 0 Å². The van der Waals surface area contributed by atoms with E-state index in [2.05, 4.69) is 31.2 Å². The molecule has 1 aliphatic rings. The molecule has 1 aliphatic carbocycles. The van der Waals surface area contributed by atoms with Gasteiger partial charge in [-0.1, -0.05) is 81.9 Å². The van der Waals surface area contributed by atoms with Crippen LogP contribution >= 0.6 is 0 Å². The molecule has 0 spiro atoms. The van der Waals surface area contributed by atoms with E-state index in [1.54, 1.807) is 0 Å². The lowest BCUT2D eigenvalue weighted by atomic mass is 9.78. The second-order valence-corrected chi connectivity index (χ2v) is 9.14. The lowest BCUT2D eigenvalue weighted by Gasteiger charge is -2.30. The topological polar surface area (TPSA) is 9.23 Å². The van der Waals surface area contributed by atoms with Crippen molar-refractivity contribution in [3.63, 3.8) is 0 Å². The molecular formula is C27H42F2O. The van der Waals surface area contributed by atoms with Gasteiger partial charge in [-0.05, 0) is 68.4 Å². The summed E-state index contributed by atoms with van der Waals surface area (Å²) in [5.74, 6) is 0.796. The molecule has 0 aromatic heterocycles. The molecule has 1 aromatic rings. The largest absolute Gasteiger partial charge is 0.356 e. The van der Waals surface area contributed by atoms with E-state index in [1.165, 1.54) is 44.1 Å². The Morgan fingerprint density at radius 1 is 0.933 bits per heavy atom. The molecule has 1 aromatic carbocycles. The number of alkyl halides is 2. The van der Waals surface area contributed by atoms with Crippen molar-refractivity contribution < 1.29 is 13.5 Å². The zero-order valence-electron chi connectivity index (χ0n) is 19.2. The van der Waals surface area contributed by atoms with Crippen LogP contribution in [-0.4, -0.2) is 6.11 Å². The Kier molecular flexibility index (Phi) is 11.7. The number of hydrogen-bond donors (Lipinski definition) is 0. The van der Waals surface area contributed by atoms with Crippen LogP contribution in [-0.2, 0) is 17.8 Å². The number of hydrogen-bond acceptors (Lipinski definition) is 1. The lowest BCUT2D eigenvalue weighted by Crippen LogP contribution is -2.27. The molecule has 0 radical (unpaired) electrons. The Labute approximate surface area is 183 Å². The summed E-state index contributed by atoms with van der Waals surface area (Å²) >= 11 is 0. The van der Waals surface area contributed by atoms with E-state index in [9.17, 15) is 8.78 Å². The fraction of sp³-hybridized carbons (Fsp3) is 0.704. The molecule has 0 bridgehead atoms. The number of unbranched alkanes of at least 4 members (excludes halogenated alkanes) is 4. The van der Waals surface area contributed by atoms with Gasteiger partial charge < -0.3 is 4.74 Å². The first-order chi connectivity index (χ1) is 14.5. The third-order valence-corrected chi connectivity index (χ3v) is 6.51. The van der Waals surface area contributed by atoms with E-state index in [4.69, 9.17) is 4.74 Å². The molecule has 1 fully saturated rings. The summed E-state index contributed by atoms with van der Waals surface area (Å²) in [6, 6.07) is 8.00. The normalized spacial score (nSPS) is 20.1. The molecule has 0 unspecified atom stereocenters. The Morgan fingerprint density at radius 3 is 2.23 bits per heavy atom. The lowest BCUT2D eigenvalue weighted by molar-refractivity contribution is -0.256. The maximum absolute atomic E-state index is 14.4. The molecule has 0 amide bonds. The van der Waals surface area contributed by atoms with Gasteiger partial charge in [-0.2, -0.15) is 8.78 Å². The van der Waals surface area contributed by atoms with Gasteiger partial charge in [0.25, 0.3) is 0 Å². The smallest absolute Gasteiger partial charge is 0.316 e. The Hall–Kier alpha value is -1.22. The quantitative estimate of drug-likeness (QED) is 0.216. The Bertz CT molecular complexity index is 585. The summed E-state index contributed by atoms with van der Waals surface area (Å²) in [6.07, 6.45) is 14.8. The average molecular weight is 421 g/mol. The molecule has 0 N–H and O–H groups in total. The summed E-state index contributed by atoms with van der Waals surface area (Å²) in [6.45, 7) is 4.26. The maximum atomic E-state index is 14.4. The number of benzene rings is 1. The van der Waals surface area contributed by atoms with E-state index in [0.717, 1.165) is 44.1 Å². The number of allylic oxidation sites excluding steroid dienone is 2. The number of rotatable bonds is 14. The highest BCUT2D eigenvalue weighted by molar-refractivity contribution is 5.22. The van der Waals surface area contributed by atoms with Gasteiger partial charge in [-0.15, -0.1) is 0 Å². The minimum absolute atomic E-state index is 0.0114. The van der Waals surface area contributed by atoms with Crippen LogP contribution in [0.4, 0.5) is 8.78 Å². The van der Waals surface area contributed by atoms with Gasteiger partial charge in [0.05, 0.1) is 6.61 Å². The van der Waals surface area contributed by atoms with Gasteiger partial charge in [-0.3, -0.25) is 0 Å². The molecule has 2 rings (SSSR count). The molecule has 0 heterocycles. The van der Waals surface area contributed by atoms with Gasteiger partial charge in [0.2, 0.25) is 0 Å². The monoisotopic (exact) mass is 420 g/mol. The summed E-state index contributed by atoms with van der Waals surface area (Å²) in [7, 11) is 0. The van der Waals surface area contributed by atoms with Crippen molar-refractivity contribution in [2.24, 2.45) is 11.8 Å². The summed E-state index contributed by atoms with van der Waals surface area (Å²) in [4.78, 5) is 0. The molecule has 0 aliphatic heterocycles. The molecule has 1 saturated carbocycles. The van der Waals surface area contributed by atoms with Gasteiger partial charge in [-0.25, -0.2) is 0 Å².